The van der Waals surface area contributed by atoms with Crippen molar-refractivity contribution in [2.24, 2.45) is 5.73 Å². The van der Waals surface area contributed by atoms with E-state index in [1.807, 2.05) is 31.3 Å². The third-order valence-corrected chi connectivity index (χ3v) is 3.65. The number of hydrogen-bond acceptors (Lipinski definition) is 2. The van der Waals surface area contributed by atoms with Crippen LogP contribution in [0.5, 0.6) is 0 Å². The van der Waals surface area contributed by atoms with Crippen LogP contribution in [0, 0.1) is 12.7 Å². The molecule has 2 aromatic carbocycles. The number of nitrogens with two attached hydrogens (primary N) is 1. The highest BCUT2D eigenvalue weighted by Gasteiger charge is 2.17. The van der Waals surface area contributed by atoms with Crippen LogP contribution in [0.15, 0.2) is 48.5 Å². The van der Waals surface area contributed by atoms with Gasteiger partial charge in [0.25, 0.3) is 0 Å². The quantitative estimate of drug-likeness (QED) is 0.905. The Bertz CT molecular complexity index is 551. The molecule has 0 aliphatic carbocycles. The standard InChI is InChI=1S/C17H21FN2/c1-13-5-3-4-6-16(13)17(11-19)20(2)12-14-7-9-15(18)10-8-14/h3-10,17H,11-12,19H2,1-2H3. The lowest BCUT2D eigenvalue weighted by molar-refractivity contribution is 0.241. The van der Waals surface area contributed by atoms with Crippen molar-refractivity contribution in [3.05, 3.63) is 71.0 Å². The Morgan fingerprint density at radius 1 is 1.10 bits per heavy atom. The molecule has 20 heavy (non-hydrogen) atoms. The van der Waals surface area contributed by atoms with Gasteiger partial charge in [-0.15, -0.1) is 0 Å². The van der Waals surface area contributed by atoms with Crippen LogP contribution in [0.2, 0.25) is 0 Å². The van der Waals surface area contributed by atoms with E-state index in [2.05, 4.69) is 24.0 Å². The number of benzene rings is 2. The minimum Gasteiger partial charge on any atom is -0.329 e. The van der Waals surface area contributed by atoms with Gasteiger partial charge in [-0.25, -0.2) is 4.39 Å². The van der Waals surface area contributed by atoms with E-state index in [0.29, 0.717) is 6.54 Å². The number of aryl methyl sites for hydroxylation is 1. The number of rotatable bonds is 5. The van der Waals surface area contributed by atoms with E-state index in [1.165, 1.54) is 23.3 Å². The van der Waals surface area contributed by atoms with E-state index in [4.69, 9.17) is 5.73 Å². The van der Waals surface area contributed by atoms with E-state index in [0.717, 1.165) is 12.1 Å². The van der Waals surface area contributed by atoms with Gasteiger partial charge in [-0.1, -0.05) is 36.4 Å². The molecule has 3 heteroatoms. The molecule has 0 radical (unpaired) electrons. The average Bonchev–Trinajstić information content (AvgIpc) is 2.44. The normalized spacial score (nSPS) is 12.7. The van der Waals surface area contributed by atoms with Crippen molar-refractivity contribution in [2.45, 2.75) is 19.5 Å². The van der Waals surface area contributed by atoms with Crippen molar-refractivity contribution in [3.8, 4) is 0 Å². The summed E-state index contributed by atoms with van der Waals surface area (Å²) in [5.74, 6) is -0.203. The molecule has 0 saturated heterocycles. The summed E-state index contributed by atoms with van der Waals surface area (Å²) in [6, 6.07) is 15.1. The van der Waals surface area contributed by atoms with E-state index in [9.17, 15) is 4.39 Å². The van der Waals surface area contributed by atoms with Gasteiger partial charge in [0, 0.05) is 19.1 Å². The fourth-order valence-corrected chi connectivity index (χ4v) is 2.49. The van der Waals surface area contributed by atoms with Crippen LogP contribution in [0.4, 0.5) is 4.39 Å². The Morgan fingerprint density at radius 3 is 2.35 bits per heavy atom. The molecule has 2 N–H and O–H groups in total. The monoisotopic (exact) mass is 272 g/mol. The number of halogens is 1. The largest absolute Gasteiger partial charge is 0.329 e. The van der Waals surface area contributed by atoms with E-state index in [-0.39, 0.29) is 11.9 Å². The lowest BCUT2D eigenvalue weighted by atomic mass is 10.00. The number of nitrogens with zero attached hydrogens (tertiary/aromatic N) is 1. The SMILES string of the molecule is Cc1ccccc1C(CN)N(C)Cc1ccc(F)cc1. The zero-order valence-corrected chi connectivity index (χ0v) is 12.0. The first-order chi connectivity index (χ1) is 9.61. The van der Waals surface area contributed by atoms with E-state index < -0.39 is 0 Å². The number of likely N-dealkylation sites (N-methyl/N-ethyl adjacent to an activating group) is 1. The molecule has 0 fully saturated rings. The van der Waals surface area contributed by atoms with Gasteiger partial charge in [0.15, 0.2) is 0 Å². The molecule has 0 spiro atoms. The minimum absolute atomic E-state index is 0.168. The minimum atomic E-state index is -0.203. The summed E-state index contributed by atoms with van der Waals surface area (Å²) in [4.78, 5) is 2.20. The zero-order valence-electron chi connectivity index (χ0n) is 12.0. The maximum absolute atomic E-state index is 12.9. The summed E-state index contributed by atoms with van der Waals surface area (Å²) in [5, 5.41) is 0. The zero-order chi connectivity index (χ0) is 14.5. The van der Waals surface area contributed by atoms with Crippen LogP contribution < -0.4 is 5.73 Å². The van der Waals surface area contributed by atoms with Crippen LogP contribution >= 0.6 is 0 Å². The highest BCUT2D eigenvalue weighted by atomic mass is 19.1. The Labute approximate surface area is 120 Å². The van der Waals surface area contributed by atoms with Crippen molar-refractivity contribution in [1.29, 1.82) is 0 Å². The van der Waals surface area contributed by atoms with E-state index >= 15 is 0 Å². The lowest BCUT2D eigenvalue weighted by Crippen LogP contribution is -2.30. The third-order valence-electron chi connectivity index (χ3n) is 3.65. The summed E-state index contributed by atoms with van der Waals surface area (Å²) >= 11 is 0. The maximum atomic E-state index is 12.9. The predicted octanol–water partition coefficient (Wildman–Crippen LogP) is 3.27. The van der Waals surface area contributed by atoms with Crippen LogP contribution in [0.3, 0.4) is 0 Å². The molecule has 2 aromatic rings. The molecule has 1 atom stereocenters. The maximum Gasteiger partial charge on any atom is 0.123 e. The molecular formula is C17H21FN2. The first-order valence-corrected chi connectivity index (χ1v) is 6.82. The first-order valence-electron chi connectivity index (χ1n) is 6.82. The fourth-order valence-electron chi connectivity index (χ4n) is 2.49. The summed E-state index contributed by atoms with van der Waals surface area (Å²) in [6.45, 7) is 3.41. The molecule has 0 bridgehead atoms. The molecule has 0 heterocycles. The highest BCUT2D eigenvalue weighted by Crippen LogP contribution is 2.23. The van der Waals surface area contributed by atoms with Crippen LogP contribution in [0.1, 0.15) is 22.7 Å². The second-order valence-electron chi connectivity index (χ2n) is 5.15. The smallest absolute Gasteiger partial charge is 0.123 e. The lowest BCUT2D eigenvalue weighted by Gasteiger charge is -2.28. The Hall–Kier alpha value is -1.71. The average molecular weight is 272 g/mol. The van der Waals surface area contributed by atoms with Gasteiger partial charge in [0.2, 0.25) is 0 Å². The third kappa shape index (κ3) is 3.44. The van der Waals surface area contributed by atoms with Crippen LogP contribution in [-0.4, -0.2) is 18.5 Å². The first kappa shape index (κ1) is 14.7. The van der Waals surface area contributed by atoms with Crippen molar-refractivity contribution >= 4 is 0 Å². The summed E-state index contributed by atoms with van der Waals surface area (Å²) in [6.07, 6.45) is 0. The molecule has 2 nitrogen and oxygen atoms in total. The topological polar surface area (TPSA) is 29.3 Å². The molecule has 0 aromatic heterocycles. The van der Waals surface area contributed by atoms with Crippen LogP contribution in [0.25, 0.3) is 0 Å². The molecule has 0 amide bonds. The van der Waals surface area contributed by atoms with Gasteiger partial charge in [0.05, 0.1) is 0 Å². The molecule has 0 aliphatic heterocycles. The fraction of sp³-hybridized carbons (Fsp3) is 0.294. The van der Waals surface area contributed by atoms with Crippen molar-refractivity contribution in [3.63, 3.8) is 0 Å². The summed E-state index contributed by atoms with van der Waals surface area (Å²) in [7, 11) is 2.05. The van der Waals surface area contributed by atoms with Crippen molar-refractivity contribution in [1.82, 2.24) is 4.90 Å². The summed E-state index contributed by atoms with van der Waals surface area (Å²) in [5.41, 5.74) is 9.53. The van der Waals surface area contributed by atoms with Crippen LogP contribution in [-0.2, 0) is 6.54 Å². The van der Waals surface area contributed by atoms with Crippen molar-refractivity contribution in [2.75, 3.05) is 13.6 Å². The second-order valence-corrected chi connectivity index (χ2v) is 5.15. The van der Waals surface area contributed by atoms with Gasteiger partial charge in [0.1, 0.15) is 5.82 Å². The van der Waals surface area contributed by atoms with Gasteiger partial charge in [-0.3, -0.25) is 4.90 Å². The Morgan fingerprint density at radius 2 is 1.75 bits per heavy atom. The predicted molar refractivity (Wildman–Crippen MR) is 80.8 cm³/mol. The van der Waals surface area contributed by atoms with Gasteiger partial charge in [-0.2, -0.15) is 0 Å². The molecule has 0 saturated carbocycles. The van der Waals surface area contributed by atoms with Gasteiger partial charge < -0.3 is 5.73 Å². The van der Waals surface area contributed by atoms with Gasteiger partial charge >= 0.3 is 0 Å². The summed E-state index contributed by atoms with van der Waals surface area (Å²) < 4.78 is 12.9. The molecule has 1 unspecified atom stereocenters. The Kier molecular flexibility index (Phi) is 4.88. The highest BCUT2D eigenvalue weighted by molar-refractivity contribution is 5.29. The molecule has 106 valence electrons. The molecular weight excluding hydrogens is 251 g/mol. The molecule has 2 rings (SSSR count). The molecule has 0 aliphatic rings. The van der Waals surface area contributed by atoms with Gasteiger partial charge in [-0.05, 0) is 42.8 Å². The number of hydrogen-bond donors (Lipinski definition) is 1. The second kappa shape index (κ2) is 6.64. The van der Waals surface area contributed by atoms with Crippen molar-refractivity contribution < 1.29 is 4.39 Å². The van der Waals surface area contributed by atoms with E-state index in [1.54, 1.807) is 0 Å². The Balaban J connectivity index is 2.15.